The molecular formula is C16H27N3OS. The average molecular weight is 309 g/mol. The smallest absolute Gasteiger partial charge is 0.185 e. The Labute approximate surface area is 131 Å². The molecule has 2 heterocycles. The van der Waals surface area contributed by atoms with Gasteiger partial charge in [-0.2, -0.15) is 0 Å². The van der Waals surface area contributed by atoms with Gasteiger partial charge in [-0.3, -0.25) is 0 Å². The van der Waals surface area contributed by atoms with Gasteiger partial charge in [0.2, 0.25) is 0 Å². The van der Waals surface area contributed by atoms with E-state index in [1.807, 2.05) is 0 Å². The van der Waals surface area contributed by atoms with Gasteiger partial charge in [0.15, 0.2) is 5.13 Å². The SMILES string of the molecule is Cc1csc(N2CCC(NCC(O)C3CCCC3)CC2)n1. The average Bonchev–Trinajstić information content (AvgIpc) is 3.17. The number of rotatable bonds is 5. The van der Waals surface area contributed by atoms with Crippen molar-refractivity contribution in [2.45, 2.75) is 57.6 Å². The number of thiazole rings is 1. The van der Waals surface area contributed by atoms with E-state index in [2.05, 4.69) is 27.5 Å². The fourth-order valence-corrected chi connectivity index (χ4v) is 4.41. The monoisotopic (exact) mass is 309 g/mol. The third kappa shape index (κ3) is 3.96. The van der Waals surface area contributed by atoms with Crippen molar-refractivity contribution in [2.24, 2.45) is 5.92 Å². The van der Waals surface area contributed by atoms with Crippen LogP contribution in [0.3, 0.4) is 0 Å². The predicted molar refractivity (Wildman–Crippen MR) is 88.1 cm³/mol. The maximum atomic E-state index is 10.2. The standard InChI is InChI=1S/C16H27N3OS/c1-12-11-21-16(18-12)19-8-6-14(7-9-19)17-10-15(20)13-4-2-3-5-13/h11,13-15,17,20H,2-10H2,1H3. The lowest BCUT2D eigenvalue weighted by Crippen LogP contribution is -2.45. The van der Waals surface area contributed by atoms with E-state index in [9.17, 15) is 5.11 Å². The van der Waals surface area contributed by atoms with Gasteiger partial charge in [0.05, 0.1) is 11.8 Å². The highest BCUT2D eigenvalue weighted by molar-refractivity contribution is 7.13. The molecule has 0 spiro atoms. The third-order valence-electron chi connectivity index (χ3n) is 4.93. The highest BCUT2D eigenvalue weighted by atomic mass is 32.1. The first kappa shape index (κ1) is 15.3. The fourth-order valence-electron chi connectivity index (χ4n) is 3.56. The molecular weight excluding hydrogens is 282 g/mol. The Kier molecular flexibility index (Phi) is 5.14. The first-order chi connectivity index (χ1) is 10.2. The Bertz CT molecular complexity index is 436. The number of anilines is 1. The number of aryl methyl sites for hydroxylation is 1. The van der Waals surface area contributed by atoms with Gasteiger partial charge in [0.25, 0.3) is 0 Å². The van der Waals surface area contributed by atoms with Gasteiger partial charge in [-0.1, -0.05) is 12.8 Å². The first-order valence-corrected chi connectivity index (χ1v) is 9.19. The zero-order valence-corrected chi connectivity index (χ0v) is 13.7. The van der Waals surface area contributed by atoms with Crippen LogP contribution in [-0.4, -0.2) is 41.9 Å². The molecule has 2 fully saturated rings. The number of nitrogens with zero attached hydrogens (tertiary/aromatic N) is 2. The Balaban J connectivity index is 1.39. The van der Waals surface area contributed by atoms with Crippen LogP contribution in [-0.2, 0) is 0 Å². The molecule has 118 valence electrons. The number of aliphatic hydroxyl groups excluding tert-OH is 1. The normalized spacial score (nSPS) is 22.9. The highest BCUT2D eigenvalue weighted by Crippen LogP contribution is 2.28. The fraction of sp³-hybridized carbons (Fsp3) is 0.812. The van der Waals surface area contributed by atoms with Crippen molar-refractivity contribution >= 4 is 16.5 Å². The van der Waals surface area contributed by atoms with Crippen LogP contribution < -0.4 is 10.2 Å². The molecule has 21 heavy (non-hydrogen) atoms. The molecule has 0 radical (unpaired) electrons. The second-order valence-corrected chi connectivity index (χ2v) is 7.39. The molecule has 1 saturated heterocycles. The first-order valence-electron chi connectivity index (χ1n) is 8.31. The summed E-state index contributed by atoms with van der Waals surface area (Å²) in [6.07, 6.45) is 7.18. The molecule has 5 heteroatoms. The van der Waals surface area contributed by atoms with Crippen LogP contribution in [0.15, 0.2) is 5.38 Å². The van der Waals surface area contributed by atoms with Gasteiger partial charge in [0, 0.05) is 31.1 Å². The van der Waals surface area contributed by atoms with E-state index in [1.165, 1.54) is 25.7 Å². The van der Waals surface area contributed by atoms with Crippen LogP contribution in [0.1, 0.15) is 44.2 Å². The van der Waals surface area contributed by atoms with Crippen LogP contribution >= 0.6 is 11.3 Å². The topological polar surface area (TPSA) is 48.4 Å². The van der Waals surface area contributed by atoms with E-state index in [0.717, 1.165) is 43.3 Å². The van der Waals surface area contributed by atoms with Crippen molar-refractivity contribution in [2.75, 3.05) is 24.5 Å². The molecule has 1 aromatic heterocycles. The third-order valence-corrected chi connectivity index (χ3v) is 5.95. The van der Waals surface area contributed by atoms with Crippen molar-refractivity contribution in [3.63, 3.8) is 0 Å². The Morgan fingerprint density at radius 3 is 2.67 bits per heavy atom. The van der Waals surface area contributed by atoms with Crippen LogP contribution in [0.25, 0.3) is 0 Å². The molecule has 1 aromatic rings. The van der Waals surface area contributed by atoms with E-state index in [-0.39, 0.29) is 6.10 Å². The van der Waals surface area contributed by atoms with Crippen molar-refractivity contribution in [3.8, 4) is 0 Å². The number of nitrogens with one attached hydrogen (secondary N) is 1. The minimum absolute atomic E-state index is 0.146. The molecule has 0 bridgehead atoms. The maximum Gasteiger partial charge on any atom is 0.185 e. The summed E-state index contributed by atoms with van der Waals surface area (Å²) in [7, 11) is 0. The van der Waals surface area contributed by atoms with Gasteiger partial charge in [-0.05, 0) is 38.5 Å². The van der Waals surface area contributed by atoms with E-state index in [0.29, 0.717) is 12.0 Å². The van der Waals surface area contributed by atoms with E-state index in [1.54, 1.807) is 11.3 Å². The quantitative estimate of drug-likeness (QED) is 0.877. The summed E-state index contributed by atoms with van der Waals surface area (Å²) in [5, 5.41) is 17.1. The molecule has 0 amide bonds. The lowest BCUT2D eigenvalue weighted by Gasteiger charge is -2.33. The maximum absolute atomic E-state index is 10.2. The Hall–Kier alpha value is -0.650. The Morgan fingerprint density at radius 1 is 1.33 bits per heavy atom. The molecule has 1 aliphatic heterocycles. The van der Waals surface area contributed by atoms with Gasteiger partial charge in [-0.15, -0.1) is 11.3 Å². The largest absolute Gasteiger partial charge is 0.392 e. The molecule has 2 N–H and O–H groups in total. The van der Waals surface area contributed by atoms with Gasteiger partial charge in [-0.25, -0.2) is 4.98 Å². The van der Waals surface area contributed by atoms with E-state index in [4.69, 9.17) is 0 Å². The van der Waals surface area contributed by atoms with Gasteiger partial charge >= 0.3 is 0 Å². The lowest BCUT2D eigenvalue weighted by atomic mass is 9.99. The zero-order valence-electron chi connectivity index (χ0n) is 12.9. The summed E-state index contributed by atoms with van der Waals surface area (Å²) < 4.78 is 0. The van der Waals surface area contributed by atoms with Crippen LogP contribution in [0.5, 0.6) is 0 Å². The predicted octanol–water partition coefficient (Wildman–Crippen LogP) is 2.56. The number of hydrogen-bond acceptors (Lipinski definition) is 5. The minimum atomic E-state index is -0.146. The van der Waals surface area contributed by atoms with Gasteiger partial charge in [0.1, 0.15) is 0 Å². The molecule has 2 aliphatic rings. The second-order valence-electron chi connectivity index (χ2n) is 6.55. The van der Waals surface area contributed by atoms with E-state index < -0.39 is 0 Å². The lowest BCUT2D eigenvalue weighted by molar-refractivity contribution is 0.105. The van der Waals surface area contributed by atoms with Gasteiger partial charge < -0.3 is 15.3 Å². The molecule has 1 aliphatic carbocycles. The number of piperidine rings is 1. The summed E-state index contributed by atoms with van der Waals surface area (Å²) in [5.41, 5.74) is 1.12. The number of aromatic nitrogens is 1. The summed E-state index contributed by atoms with van der Waals surface area (Å²) in [4.78, 5) is 6.96. The summed E-state index contributed by atoms with van der Waals surface area (Å²) >= 11 is 1.75. The molecule has 1 atom stereocenters. The van der Waals surface area contributed by atoms with Crippen LogP contribution in [0, 0.1) is 12.8 Å². The highest BCUT2D eigenvalue weighted by Gasteiger charge is 2.25. The summed E-state index contributed by atoms with van der Waals surface area (Å²) in [6, 6.07) is 0.554. The van der Waals surface area contributed by atoms with Crippen molar-refractivity contribution in [1.82, 2.24) is 10.3 Å². The number of aliphatic hydroxyl groups is 1. The van der Waals surface area contributed by atoms with Crippen molar-refractivity contribution in [1.29, 1.82) is 0 Å². The number of hydrogen-bond donors (Lipinski definition) is 2. The molecule has 3 rings (SSSR count). The molecule has 4 nitrogen and oxygen atoms in total. The van der Waals surface area contributed by atoms with Crippen LogP contribution in [0.4, 0.5) is 5.13 Å². The second kappa shape index (κ2) is 7.07. The van der Waals surface area contributed by atoms with E-state index >= 15 is 0 Å². The zero-order chi connectivity index (χ0) is 14.7. The summed E-state index contributed by atoms with van der Waals surface area (Å²) in [5.74, 6) is 0.538. The van der Waals surface area contributed by atoms with Crippen LogP contribution in [0.2, 0.25) is 0 Å². The van der Waals surface area contributed by atoms with Crippen molar-refractivity contribution in [3.05, 3.63) is 11.1 Å². The summed E-state index contributed by atoms with van der Waals surface area (Å²) in [6.45, 7) is 4.97. The molecule has 1 saturated carbocycles. The minimum Gasteiger partial charge on any atom is -0.392 e. The Morgan fingerprint density at radius 2 is 2.05 bits per heavy atom. The molecule has 1 unspecified atom stereocenters. The molecule has 0 aromatic carbocycles. The van der Waals surface area contributed by atoms with Crippen molar-refractivity contribution < 1.29 is 5.11 Å².